The highest BCUT2D eigenvalue weighted by molar-refractivity contribution is 6.34. The van der Waals surface area contributed by atoms with Crippen molar-refractivity contribution in [3.63, 3.8) is 0 Å². The SMILES string of the molecule is Clc1ccc2ccn3c2c1C=[N+](c1ccccc1)C3. The summed E-state index contributed by atoms with van der Waals surface area (Å²) in [5, 5.41) is 2.04. The molecule has 0 radical (unpaired) electrons. The van der Waals surface area contributed by atoms with Gasteiger partial charge >= 0.3 is 0 Å². The molecule has 0 atom stereocenters. The van der Waals surface area contributed by atoms with Crippen molar-refractivity contribution in [1.29, 1.82) is 0 Å². The maximum Gasteiger partial charge on any atom is 0.228 e. The van der Waals surface area contributed by atoms with Crippen molar-refractivity contribution >= 4 is 34.4 Å². The predicted octanol–water partition coefficient (Wildman–Crippen LogP) is 4.03. The quantitative estimate of drug-likeness (QED) is 0.588. The maximum atomic E-state index is 6.35. The zero-order valence-corrected chi connectivity index (χ0v) is 11.0. The smallest absolute Gasteiger partial charge is 0.228 e. The van der Waals surface area contributed by atoms with Crippen molar-refractivity contribution in [1.82, 2.24) is 4.57 Å². The summed E-state index contributed by atoms with van der Waals surface area (Å²) in [5.41, 5.74) is 3.49. The average molecular weight is 268 g/mol. The van der Waals surface area contributed by atoms with Gasteiger partial charge in [0.15, 0.2) is 6.21 Å². The van der Waals surface area contributed by atoms with E-state index >= 15 is 0 Å². The summed E-state index contributed by atoms with van der Waals surface area (Å²) < 4.78 is 4.46. The Bertz CT molecular complexity index is 800. The van der Waals surface area contributed by atoms with Crippen molar-refractivity contribution in [2.24, 2.45) is 0 Å². The van der Waals surface area contributed by atoms with Crippen LogP contribution in [-0.4, -0.2) is 15.4 Å². The predicted molar refractivity (Wildman–Crippen MR) is 78.5 cm³/mol. The maximum absolute atomic E-state index is 6.35. The molecule has 2 aromatic carbocycles. The van der Waals surface area contributed by atoms with Gasteiger partial charge in [-0.15, -0.1) is 0 Å². The summed E-state index contributed by atoms with van der Waals surface area (Å²) in [6, 6.07) is 16.5. The highest BCUT2D eigenvalue weighted by Gasteiger charge is 2.21. The summed E-state index contributed by atoms with van der Waals surface area (Å²) in [6.07, 6.45) is 4.26. The van der Waals surface area contributed by atoms with Gasteiger partial charge < -0.3 is 0 Å². The molecule has 4 rings (SSSR count). The van der Waals surface area contributed by atoms with Crippen LogP contribution in [0.25, 0.3) is 10.9 Å². The number of rotatable bonds is 1. The number of aromatic nitrogens is 1. The Morgan fingerprint density at radius 2 is 1.84 bits per heavy atom. The van der Waals surface area contributed by atoms with Crippen LogP contribution in [0.5, 0.6) is 0 Å². The fourth-order valence-electron chi connectivity index (χ4n) is 2.68. The summed E-state index contributed by atoms with van der Waals surface area (Å²) in [4.78, 5) is 0. The minimum absolute atomic E-state index is 0.799. The molecule has 1 aliphatic rings. The molecular formula is C16H12ClN2+. The molecular weight excluding hydrogens is 256 g/mol. The Labute approximate surface area is 116 Å². The van der Waals surface area contributed by atoms with Crippen molar-refractivity contribution in [2.75, 3.05) is 0 Å². The lowest BCUT2D eigenvalue weighted by Gasteiger charge is -2.13. The summed E-state index contributed by atoms with van der Waals surface area (Å²) in [6.45, 7) is 0.820. The second-order valence-corrected chi connectivity index (χ2v) is 5.17. The molecule has 2 heterocycles. The van der Waals surface area contributed by atoms with Crippen molar-refractivity contribution in [3.05, 3.63) is 65.3 Å². The van der Waals surface area contributed by atoms with Crippen LogP contribution < -0.4 is 0 Å². The Morgan fingerprint density at radius 1 is 1.00 bits per heavy atom. The van der Waals surface area contributed by atoms with Gasteiger partial charge in [-0.3, -0.25) is 4.57 Å². The topological polar surface area (TPSA) is 7.94 Å². The van der Waals surface area contributed by atoms with Crippen LogP contribution in [0, 0.1) is 0 Å². The third kappa shape index (κ3) is 1.60. The number of hydrogen-bond donors (Lipinski definition) is 0. The number of halogens is 1. The number of benzene rings is 2. The highest BCUT2D eigenvalue weighted by Crippen LogP contribution is 2.29. The average Bonchev–Trinajstić information content (AvgIpc) is 2.88. The van der Waals surface area contributed by atoms with Gasteiger partial charge in [-0.25, -0.2) is 0 Å². The van der Waals surface area contributed by atoms with Gasteiger partial charge in [0.2, 0.25) is 12.4 Å². The van der Waals surface area contributed by atoms with Gasteiger partial charge in [-0.05, 0) is 12.1 Å². The first-order chi connectivity index (χ1) is 9.33. The molecule has 0 fully saturated rings. The largest absolute Gasteiger partial charge is 0.291 e. The Hall–Kier alpha value is -2.06. The van der Waals surface area contributed by atoms with E-state index in [2.05, 4.69) is 58.0 Å². The van der Waals surface area contributed by atoms with E-state index in [0.717, 1.165) is 17.3 Å². The molecule has 0 spiro atoms. The lowest BCUT2D eigenvalue weighted by atomic mass is 10.1. The number of para-hydroxylation sites is 1. The molecule has 0 amide bonds. The van der Waals surface area contributed by atoms with E-state index in [0.29, 0.717) is 0 Å². The van der Waals surface area contributed by atoms with Crippen LogP contribution in [0.1, 0.15) is 5.56 Å². The molecule has 1 aromatic heterocycles. The lowest BCUT2D eigenvalue weighted by molar-refractivity contribution is -0.471. The number of hydrogen-bond acceptors (Lipinski definition) is 0. The molecule has 1 aliphatic heterocycles. The van der Waals surface area contributed by atoms with Crippen LogP contribution in [0.4, 0.5) is 5.69 Å². The zero-order valence-electron chi connectivity index (χ0n) is 10.3. The van der Waals surface area contributed by atoms with Gasteiger partial charge in [0.05, 0.1) is 16.1 Å². The highest BCUT2D eigenvalue weighted by atomic mass is 35.5. The monoisotopic (exact) mass is 267 g/mol. The van der Waals surface area contributed by atoms with E-state index in [1.54, 1.807) is 0 Å². The third-order valence-corrected chi connectivity index (χ3v) is 3.92. The van der Waals surface area contributed by atoms with E-state index in [1.165, 1.54) is 16.6 Å². The van der Waals surface area contributed by atoms with E-state index in [1.807, 2.05) is 12.1 Å². The first kappa shape index (κ1) is 10.8. The molecule has 3 aromatic rings. The second-order valence-electron chi connectivity index (χ2n) is 4.76. The molecule has 92 valence electrons. The van der Waals surface area contributed by atoms with Crippen molar-refractivity contribution < 1.29 is 4.58 Å². The standard InChI is InChI=1S/C16H12ClN2/c17-15-7-6-12-8-9-18-11-19(10-14(15)16(12)18)13-4-2-1-3-5-13/h1-10H,11H2/q+1. The van der Waals surface area contributed by atoms with Crippen LogP contribution in [-0.2, 0) is 6.67 Å². The molecule has 19 heavy (non-hydrogen) atoms. The third-order valence-electron chi connectivity index (χ3n) is 3.59. The minimum atomic E-state index is 0.799. The van der Waals surface area contributed by atoms with E-state index in [9.17, 15) is 0 Å². The first-order valence-corrected chi connectivity index (χ1v) is 6.65. The van der Waals surface area contributed by atoms with Crippen molar-refractivity contribution in [3.8, 4) is 0 Å². The molecule has 2 nitrogen and oxygen atoms in total. The zero-order chi connectivity index (χ0) is 12.8. The van der Waals surface area contributed by atoms with E-state index in [4.69, 9.17) is 11.6 Å². The van der Waals surface area contributed by atoms with E-state index < -0.39 is 0 Å². The molecule has 0 bridgehead atoms. The molecule has 0 unspecified atom stereocenters. The van der Waals surface area contributed by atoms with Gasteiger partial charge in [0.25, 0.3) is 0 Å². The van der Waals surface area contributed by atoms with Gasteiger partial charge in [-0.2, -0.15) is 4.58 Å². The lowest BCUT2D eigenvalue weighted by Crippen LogP contribution is -2.18. The normalized spacial score (nSPS) is 13.6. The first-order valence-electron chi connectivity index (χ1n) is 6.27. The van der Waals surface area contributed by atoms with Crippen LogP contribution >= 0.6 is 11.6 Å². The second kappa shape index (κ2) is 3.97. The molecule has 0 aliphatic carbocycles. The Balaban J connectivity index is 1.98. The summed E-state index contributed by atoms with van der Waals surface area (Å²) in [7, 11) is 0. The molecule has 3 heteroatoms. The Morgan fingerprint density at radius 3 is 2.68 bits per heavy atom. The van der Waals surface area contributed by atoms with E-state index in [-0.39, 0.29) is 0 Å². The fraction of sp³-hybridized carbons (Fsp3) is 0.0625. The van der Waals surface area contributed by atoms with Crippen LogP contribution in [0.2, 0.25) is 5.02 Å². The number of nitrogens with zero attached hydrogens (tertiary/aromatic N) is 2. The van der Waals surface area contributed by atoms with Crippen LogP contribution in [0.3, 0.4) is 0 Å². The molecule has 0 saturated heterocycles. The Kier molecular flexibility index (Phi) is 2.26. The fourth-order valence-corrected chi connectivity index (χ4v) is 2.88. The summed E-state index contributed by atoms with van der Waals surface area (Å²) >= 11 is 6.35. The molecule has 0 saturated carbocycles. The van der Waals surface area contributed by atoms with Crippen molar-refractivity contribution in [2.45, 2.75) is 6.67 Å². The van der Waals surface area contributed by atoms with Gasteiger partial charge in [0, 0.05) is 23.7 Å². The van der Waals surface area contributed by atoms with Gasteiger partial charge in [-0.1, -0.05) is 35.9 Å². The molecule has 0 N–H and O–H groups in total. The van der Waals surface area contributed by atoms with Gasteiger partial charge in [0.1, 0.15) is 0 Å². The minimum Gasteiger partial charge on any atom is -0.291 e. The summed E-state index contributed by atoms with van der Waals surface area (Å²) in [5.74, 6) is 0. The van der Waals surface area contributed by atoms with Crippen LogP contribution in [0.15, 0.2) is 54.7 Å².